The molecule has 0 saturated carbocycles. The van der Waals surface area contributed by atoms with Crippen LogP contribution in [0.2, 0.25) is 0 Å². The molecule has 3 aromatic heterocycles. The van der Waals surface area contributed by atoms with Gasteiger partial charge < -0.3 is 10.5 Å². The van der Waals surface area contributed by atoms with Gasteiger partial charge in [0.15, 0.2) is 5.65 Å². The zero-order valence-electron chi connectivity index (χ0n) is 12.5. The molecule has 3 heterocycles. The number of methoxy groups -OCH3 is 1. The normalized spacial score (nSPS) is 11.0. The fraction of sp³-hybridized carbons (Fsp3) is 0.267. The lowest BCUT2D eigenvalue weighted by molar-refractivity contribution is 0.398. The van der Waals surface area contributed by atoms with E-state index in [1.807, 2.05) is 37.5 Å². The largest absolute Gasteiger partial charge is 0.481 e. The number of fused-ring (bicyclic) bond motifs is 1. The molecule has 108 valence electrons. The first kappa shape index (κ1) is 13.4. The minimum absolute atomic E-state index is 0.512. The van der Waals surface area contributed by atoms with Gasteiger partial charge in [-0.25, -0.2) is 15.0 Å². The summed E-state index contributed by atoms with van der Waals surface area (Å²) in [6, 6.07) is 3.78. The number of pyridine rings is 1. The van der Waals surface area contributed by atoms with E-state index < -0.39 is 0 Å². The summed E-state index contributed by atoms with van der Waals surface area (Å²) >= 11 is 0. The van der Waals surface area contributed by atoms with Crippen LogP contribution in [-0.2, 0) is 0 Å². The second-order valence-electron chi connectivity index (χ2n) is 4.96. The van der Waals surface area contributed by atoms with E-state index in [1.54, 1.807) is 13.3 Å². The summed E-state index contributed by atoms with van der Waals surface area (Å²) in [4.78, 5) is 13.1. The van der Waals surface area contributed by atoms with Crippen LogP contribution in [0.3, 0.4) is 0 Å². The molecule has 21 heavy (non-hydrogen) atoms. The summed E-state index contributed by atoms with van der Waals surface area (Å²) in [7, 11) is 1.60. The number of nitrogens with zero attached hydrogens (tertiary/aromatic N) is 4. The molecule has 6 heteroatoms. The average Bonchev–Trinajstić information content (AvgIpc) is 2.71. The number of nitrogens with two attached hydrogens (primary N) is 1. The topological polar surface area (TPSA) is 78.9 Å². The summed E-state index contributed by atoms with van der Waals surface area (Å²) in [5.41, 5.74) is 9.95. The maximum atomic E-state index is 6.06. The Balaban J connectivity index is 2.33. The van der Waals surface area contributed by atoms with E-state index in [1.165, 1.54) is 0 Å². The zero-order valence-corrected chi connectivity index (χ0v) is 12.5. The molecule has 0 amide bonds. The number of anilines is 1. The monoisotopic (exact) mass is 283 g/mol. The van der Waals surface area contributed by atoms with Crippen LogP contribution in [0, 0.1) is 20.8 Å². The number of ether oxygens (including phenoxy) is 1. The molecule has 0 aliphatic heterocycles. The summed E-state index contributed by atoms with van der Waals surface area (Å²) in [5.74, 6) is 1.74. The fourth-order valence-corrected chi connectivity index (χ4v) is 2.55. The molecule has 0 saturated heterocycles. The maximum Gasteiger partial charge on any atom is 0.213 e. The van der Waals surface area contributed by atoms with Gasteiger partial charge in [-0.2, -0.15) is 0 Å². The molecule has 0 unspecified atom stereocenters. The van der Waals surface area contributed by atoms with E-state index in [9.17, 15) is 0 Å². The Morgan fingerprint density at radius 2 is 1.90 bits per heavy atom. The second kappa shape index (κ2) is 4.73. The Hall–Kier alpha value is -2.63. The van der Waals surface area contributed by atoms with Crippen molar-refractivity contribution in [3.05, 3.63) is 35.4 Å². The highest BCUT2D eigenvalue weighted by Gasteiger charge is 2.17. The zero-order chi connectivity index (χ0) is 15.1. The Labute approximate surface area is 122 Å². The molecule has 0 atom stereocenters. The van der Waals surface area contributed by atoms with Crippen LogP contribution in [0.5, 0.6) is 5.88 Å². The maximum absolute atomic E-state index is 6.06. The van der Waals surface area contributed by atoms with Gasteiger partial charge in [-0.15, -0.1) is 0 Å². The first-order chi connectivity index (χ1) is 10.0. The smallest absolute Gasteiger partial charge is 0.213 e. The van der Waals surface area contributed by atoms with Crippen molar-refractivity contribution < 1.29 is 4.74 Å². The van der Waals surface area contributed by atoms with Crippen molar-refractivity contribution >= 4 is 16.9 Å². The van der Waals surface area contributed by atoms with Crippen molar-refractivity contribution in [2.45, 2.75) is 20.8 Å². The fourth-order valence-electron chi connectivity index (χ4n) is 2.55. The molecule has 0 spiro atoms. The number of hydrogen-bond acceptors (Lipinski definition) is 5. The Morgan fingerprint density at radius 1 is 1.14 bits per heavy atom. The van der Waals surface area contributed by atoms with Crippen LogP contribution in [-0.4, -0.2) is 26.6 Å². The summed E-state index contributed by atoms with van der Waals surface area (Å²) in [6.45, 7) is 5.90. The third-order valence-corrected chi connectivity index (χ3v) is 3.68. The van der Waals surface area contributed by atoms with Crippen LogP contribution in [0.1, 0.15) is 17.1 Å². The molecule has 0 aliphatic rings. The lowest BCUT2D eigenvalue weighted by atomic mass is 10.2. The van der Waals surface area contributed by atoms with Gasteiger partial charge in [0.2, 0.25) is 5.88 Å². The lowest BCUT2D eigenvalue weighted by Gasteiger charge is -2.08. The Bertz CT molecular complexity index is 820. The third-order valence-electron chi connectivity index (χ3n) is 3.68. The van der Waals surface area contributed by atoms with Gasteiger partial charge in [0.05, 0.1) is 24.4 Å². The predicted octanol–water partition coefficient (Wildman–Crippen LogP) is 2.33. The number of rotatable bonds is 2. The summed E-state index contributed by atoms with van der Waals surface area (Å²) < 4.78 is 7.14. The summed E-state index contributed by atoms with van der Waals surface area (Å²) in [6.07, 6.45) is 1.76. The van der Waals surface area contributed by atoms with Crippen molar-refractivity contribution in [3.63, 3.8) is 0 Å². The van der Waals surface area contributed by atoms with Gasteiger partial charge in [0, 0.05) is 11.8 Å². The van der Waals surface area contributed by atoms with E-state index in [4.69, 9.17) is 10.5 Å². The first-order valence-corrected chi connectivity index (χ1v) is 6.65. The molecule has 2 N–H and O–H groups in total. The number of aromatic nitrogens is 4. The first-order valence-electron chi connectivity index (χ1n) is 6.65. The minimum Gasteiger partial charge on any atom is -0.481 e. The van der Waals surface area contributed by atoms with Crippen molar-refractivity contribution in [2.24, 2.45) is 0 Å². The van der Waals surface area contributed by atoms with E-state index in [2.05, 4.69) is 15.0 Å². The Morgan fingerprint density at radius 3 is 2.52 bits per heavy atom. The van der Waals surface area contributed by atoms with E-state index in [0.29, 0.717) is 17.5 Å². The number of nitrogen functional groups attached to an aromatic ring is 1. The molecular weight excluding hydrogens is 266 g/mol. The molecule has 0 aromatic carbocycles. The molecule has 3 rings (SSSR count). The highest BCUT2D eigenvalue weighted by Crippen LogP contribution is 2.30. The van der Waals surface area contributed by atoms with Crippen molar-refractivity contribution in [3.8, 4) is 11.6 Å². The molecule has 0 radical (unpaired) electrons. The lowest BCUT2D eigenvalue weighted by Crippen LogP contribution is -2.02. The van der Waals surface area contributed by atoms with Gasteiger partial charge >= 0.3 is 0 Å². The summed E-state index contributed by atoms with van der Waals surface area (Å²) in [5, 5.41) is 0.897. The van der Waals surface area contributed by atoms with Crippen molar-refractivity contribution in [1.29, 1.82) is 0 Å². The second-order valence-corrected chi connectivity index (χ2v) is 4.96. The van der Waals surface area contributed by atoms with Gasteiger partial charge in [-0.1, -0.05) is 0 Å². The van der Waals surface area contributed by atoms with E-state index in [0.717, 1.165) is 28.0 Å². The van der Waals surface area contributed by atoms with Crippen LogP contribution in [0.15, 0.2) is 18.3 Å². The van der Waals surface area contributed by atoms with Crippen molar-refractivity contribution in [2.75, 3.05) is 12.8 Å². The van der Waals surface area contributed by atoms with Gasteiger partial charge in [-0.05, 0) is 32.4 Å². The minimum atomic E-state index is 0.512. The van der Waals surface area contributed by atoms with Crippen LogP contribution >= 0.6 is 0 Å². The highest BCUT2D eigenvalue weighted by molar-refractivity contribution is 5.92. The SMILES string of the molecule is COc1ccc(-n2c(C)c(C)c3c(N)nc(C)nc32)cn1. The third kappa shape index (κ3) is 1.99. The molecule has 0 fully saturated rings. The van der Waals surface area contributed by atoms with E-state index >= 15 is 0 Å². The van der Waals surface area contributed by atoms with Crippen LogP contribution < -0.4 is 10.5 Å². The molecule has 0 bridgehead atoms. The number of hydrogen-bond donors (Lipinski definition) is 1. The molecular formula is C15H17N5O. The molecule has 6 nitrogen and oxygen atoms in total. The molecule has 0 aliphatic carbocycles. The Kier molecular flexibility index (Phi) is 3.01. The average molecular weight is 283 g/mol. The van der Waals surface area contributed by atoms with Crippen LogP contribution in [0.25, 0.3) is 16.7 Å². The van der Waals surface area contributed by atoms with E-state index in [-0.39, 0.29) is 0 Å². The van der Waals surface area contributed by atoms with Gasteiger partial charge in [0.1, 0.15) is 11.6 Å². The van der Waals surface area contributed by atoms with Gasteiger partial charge in [0.25, 0.3) is 0 Å². The standard InChI is InChI=1S/C15H17N5O/c1-8-9(2)20(11-5-6-12(21-4)17-7-11)15-13(8)14(16)18-10(3)19-15/h5-7H,1-4H3,(H2,16,18,19). The molecule has 3 aromatic rings. The quantitative estimate of drug-likeness (QED) is 0.781. The predicted molar refractivity (Wildman–Crippen MR) is 81.8 cm³/mol. The van der Waals surface area contributed by atoms with Crippen LogP contribution in [0.4, 0.5) is 5.82 Å². The van der Waals surface area contributed by atoms with Gasteiger partial charge in [-0.3, -0.25) is 4.57 Å². The number of aryl methyl sites for hydroxylation is 2. The highest BCUT2D eigenvalue weighted by atomic mass is 16.5. The van der Waals surface area contributed by atoms with Crippen molar-refractivity contribution in [1.82, 2.24) is 19.5 Å².